The molecule has 3 nitrogen and oxygen atoms in total. The highest BCUT2D eigenvalue weighted by molar-refractivity contribution is 6.32. The number of ketones is 1. The molecule has 3 aliphatic rings. The Labute approximate surface area is 146 Å². The predicted molar refractivity (Wildman–Crippen MR) is 95.8 cm³/mol. The van der Waals surface area contributed by atoms with Gasteiger partial charge in [-0.05, 0) is 66.7 Å². The fraction of sp³-hybridized carbons (Fsp3) is 0.364. The van der Waals surface area contributed by atoms with E-state index in [0.29, 0.717) is 23.5 Å². The van der Waals surface area contributed by atoms with Crippen LogP contribution in [0.25, 0.3) is 11.1 Å². The van der Waals surface area contributed by atoms with Crippen molar-refractivity contribution < 1.29 is 9.21 Å². The quantitative estimate of drug-likeness (QED) is 0.832. The zero-order valence-electron chi connectivity index (χ0n) is 14.2. The van der Waals surface area contributed by atoms with E-state index in [-0.39, 0.29) is 17.3 Å². The second kappa shape index (κ2) is 5.29. The van der Waals surface area contributed by atoms with E-state index < -0.39 is 0 Å². The van der Waals surface area contributed by atoms with Crippen molar-refractivity contribution in [2.75, 3.05) is 0 Å². The lowest BCUT2D eigenvalue weighted by Crippen LogP contribution is -2.24. The van der Waals surface area contributed by atoms with Crippen LogP contribution in [0.3, 0.4) is 0 Å². The molecule has 25 heavy (non-hydrogen) atoms. The summed E-state index contributed by atoms with van der Waals surface area (Å²) >= 11 is 0. The minimum atomic E-state index is -0.386. The predicted octanol–water partition coefficient (Wildman–Crippen LogP) is 4.10. The van der Waals surface area contributed by atoms with Crippen molar-refractivity contribution >= 4 is 16.9 Å². The third-order valence-electron chi connectivity index (χ3n) is 6.34. The fourth-order valence-corrected chi connectivity index (χ4v) is 5.55. The van der Waals surface area contributed by atoms with E-state index in [2.05, 4.69) is 12.1 Å². The van der Waals surface area contributed by atoms with Crippen molar-refractivity contribution in [1.82, 2.24) is 0 Å². The number of hydrogen-bond acceptors (Lipinski definition) is 3. The standard InChI is InChI=1S/C22H20O3/c1-12-9-16(11-17(23)25-12)21-18(13-5-3-2-4-6-13)19-14-7-8-15(10-14)20(19)22(21)24/h2-6,9,11,14-15,19-20H,7-8,10H2,1H3/t14-,15+,19-,20-/m1/s1. The molecule has 3 heteroatoms. The molecule has 1 heterocycles. The summed E-state index contributed by atoms with van der Waals surface area (Å²) in [5.74, 6) is 2.33. The average Bonchev–Trinajstić information content (AvgIpc) is 3.27. The summed E-state index contributed by atoms with van der Waals surface area (Å²) in [6, 6.07) is 13.5. The second-order valence-electron chi connectivity index (χ2n) is 7.68. The van der Waals surface area contributed by atoms with Crippen molar-refractivity contribution in [2.24, 2.45) is 23.7 Å². The van der Waals surface area contributed by atoms with Crippen LogP contribution in [0.2, 0.25) is 0 Å². The molecule has 1 aromatic heterocycles. The Morgan fingerprint density at radius 1 is 0.920 bits per heavy atom. The molecule has 2 aromatic rings. The summed E-state index contributed by atoms with van der Waals surface area (Å²) in [4.78, 5) is 25.3. The first kappa shape index (κ1) is 14.9. The molecule has 126 valence electrons. The SMILES string of the molecule is Cc1cc(C2=C(c3ccccc3)[C@H]3[C@@H]4CC[C@@H](C4)[C@H]3C2=O)cc(=O)o1. The van der Waals surface area contributed by atoms with Gasteiger partial charge >= 0.3 is 5.63 Å². The number of hydrogen-bond donors (Lipinski definition) is 0. The van der Waals surface area contributed by atoms with Gasteiger partial charge in [0, 0.05) is 17.6 Å². The van der Waals surface area contributed by atoms with E-state index in [4.69, 9.17) is 4.42 Å². The van der Waals surface area contributed by atoms with Crippen molar-refractivity contribution in [3.63, 3.8) is 0 Å². The molecule has 0 N–H and O–H groups in total. The van der Waals surface area contributed by atoms with Crippen LogP contribution in [0.15, 0.2) is 51.7 Å². The lowest BCUT2D eigenvalue weighted by Gasteiger charge is -2.26. The minimum Gasteiger partial charge on any atom is -0.428 e. The van der Waals surface area contributed by atoms with E-state index in [0.717, 1.165) is 22.3 Å². The third-order valence-corrected chi connectivity index (χ3v) is 6.34. The van der Waals surface area contributed by atoms with Crippen molar-refractivity contribution in [3.05, 3.63) is 69.8 Å². The highest BCUT2D eigenvalue weighted by atomic mass is 16.4. The Hall–Kier alpha value is -2.42. The zero-order chi connectivity index (χ0) is 17.1. The normalized spacial score (nSPS) is 30.2. The van der Waals surface area contributed by atoms with Crippen LogP contribution in [0.1, 0.15) is 36.1 Å². The molecule has 2 saturated carbocycles. The summed E-state index contributed by atoms with van der Waals surface area (Å²) in [7, 11) is 0. The van der Waals surface area contributed by atoms with Gasteiger partial charge in [-0.1, -0.05) is 30.3 Å². The molecular formula is C22H20O3. The van der Waals surface area contributed by atoms with Crippen LogP contribution in [-0.4, -0.2) is 5.78 Å². The molecule has 2 fully saturated rings. The molecule has 0 amide bonds. The van der Waals surface area contributed by atoms with Gasteiger partial charge in [0.15, 0.2) is 5.78 Å². The first-order chi connectivity index (χ1) is 12.1. The van der Waals surface area contributed by atoms with E-state index in [9.17, 15) is 9.59 Å². The summed E-state index contributed by atoms with van der Waals surface area (Å²) in [6.45, 7) is 1.76. The van der Waals surface area contributed by atoms with Gasteiger partial charge in [-0.2, -0.15) is 0 Å². The van der Waals surface area contributed by atoms with Gasteiger partial charge in [0.1, 0.15) is 5.76 Å². The molecule has 0 radical (unpaired) electrons. The van der Waals surface area contributed by atoms with Crippen molar-refractivity contribution in [2.45, 2.75) is 26.2 Å². The first-order valence-corrected chi connectivity index (χ1v) is 9.09. The van der Waals surface area contributed by atoms with Crippen LogP contribution in [-0.2, 0) is 4.79 Å². The third kappa shape index (κ3) is 2.11. The van der Waals surface area contributed by atoms with Crippen LogP contribution < -0.4 is 5.63 Å². The topological polar surface area (TPSA) is 47.3 Å². The van der Waals surface area contributed by atoms with E-state index in [1.807, 2.05) is 24.3 Å². The number of fused-ring (bicyclic) bond motifs is 5. The summed E-state index contributed by atoms with van der Waals surface area (Å²) in [5, 5.41) is 0. The largest absolute Gasteiger partial charge is 0.428 e. The Morgan fingerprint density at radius 2 is 1.64 bits per heavy atom. The van der Waals surface area contributed by atoms with E-state index in [1.54, 1.807) is 6.92 Å². The molecule has 1 aromatic carbocycles. The van der Waals surface area contributed by atoms with Gasteiger partial charge in [0.2, 0.25) is 0 Å². The van der Waals surface area contributed by atoms with Gasteiger partial charge < -0.3 is 4.42 Å². The van der Waals surface area contributed by atoms with Crippen LogP contribution in [0.5, 0.6) is 0 Å². The highest BCUT2D eigenvalue weighted by Gasteiger charge is 2.57. The lowest BCUT2D eigenvalue weighted by molar-refractivity contribution is -0.118. The zero-order valence-corrected chi connectivity index (χ0v) is 14.2. The molecule has 0 aliphatic heterocycles. The Morgan fingerprint density at radius 3 is 2.36 bits per heavy atom. The van der Waals surface area contributed by atoms with Gasteiger partial charge in [-0.25, -0.2) is 4.79 Å². The Bertz CT molecular complexity index is 951. The number of rotatable bonds is 2. The Kier molecular flexibility index (Phi) is 3.15. The van der Waals surface area contributed by atoms with Crippen LogP contribution >= 0.6 is 0 Å². The van der Waals surface area contributed by atoms with Gasteiger partial charge in [0.25, 0.3) is 0 Å². The summed E-state index contributed by atoms with van der Waals surface area (Å²) in [6.07, 6.45) is 3.57. The maximum absolute atomic E-state index is 13.4. The van der Waals surface area contributed by atoms with E-state index in [1.165, 1.54) is 25.3 Å². The summed E-state index contributed by atoms with van der Waals surface area (Å²) < 4.78 is 5.11. The molecule has 4 atom stereocenters. The van der Waals surface area contributed by atoms with Gasteiger partial charge in [-0.3, -0.25) is 4.79 Å². The number of Topliss-reactive ketones (excluding diaryl/α,β-unsaturated/α-hetero) is 1. The maximum atomic E-state index is 13.4. The molecule has 0 spiro atoms. The van der Waals surface area contributed by atoms with Gasteiger partial charge in [0.05, 0.1) is 0 Å². The number of allylic oxidation sites excluding steroid dienone is 2. The average molecular weight is 332 g/mol. The highest BCUT2D eigenvalue weighted by Crippen LogP contribution is 2.62. The fourth-order valence-electron chi connectivity index (χ4n) is 5.55. The van der Waals surface area contributed by atoms with Crippen LogP contribution in [0, 0.1) is 30.6 Å². The van der Waals surface area contributed by atoms with E-state index >= 15 is 0 Å². The van der Waals surface area contributed by atoms with Crippen molar-refractivity contribution in [3.8, 4) is 0 Å². The number of benzene rings is 1. The smallest absolute Gasteiger partial charge is 0.336 e. The van der Waals surface area contributed by atoms with Gasteiger partial charge in [-0.15, -0.1) is 0 Å². The summed E-state index contributed by atoms with van der Waals surface area (Å²) in [5.41, 5.74) is 3.38. The Balaban J connectivity index is 1.77. The molecule has 2 bridgehead atoms. The van der Waals surface area contributed by atoms with Crippen molar-refractivity contribution in [1.29, 1.82) is 0 Å². The first-order valence-electron chi connectivity index (χ1n) is 9.09. The molecule has 0 unspecified atom stereocenters. The molecule has 3 aliphatic carbocycles. The second-order valence-corrected chi connectivity index (χ2v) is 7.68. The monoisotopic (exact) mass is 332 g/mol. The lowest BCUT2D eigenvalue weighted by atomic mass is 9.77. The minimum absolute atomic E-state index is 0.108. The molecule has 5 rings (SSSR count). The number of aryl methyl sites for hydroxylation is 1. The number of carbonyl (C=O) groups is 1. The number of carbonyl (C=O) groups excluding carboxylic acids is 1. The van der Waals surface area contributed by atoms with Crippen LogP contribution in [0.4, 0.5) is 0 Å². The maximum Gasteiger partial charge on any atom is 0.336 e. The molecule has 0 saturated heterocycles. The molecular weight excluding hydrogens is 312 g/mol.